The normalized spacial score (nSPS) is 8.11. The minimum absolute atomic E-state index is 0.892. The number of nitrogens with zero attached hydrogens (tertiary/aromatic N) is 1. The van der Waals surface area contributed by atoms with Gasteiger partial charge in [0.2, 0.25) is 0 Å². The molecule has 0 amide bonds. The fourth-order valence-electron chi connectivity index (χ4n) is 0.529. The molecule has 46 valence electrons. The summed E-state index contributed by atoms with van der Waals surface area (Å²) < 4.78 is 4.14. The van der Waals surface area contributed by atoms with Crippen molar-refractivity contribution in [3.63, 3.8) is 0 Å². The summed E-state index contributed by atoms with van der Waals surface area (Å²) in [5.41, 5.74) is 1.01. The molecular weight excluding hydrogens is 305 g/mol. The van der Waals surface area contributed by atoms with E-state index in [-0.39, 0.29) is 0 Å². The molecule has 0 aliphatic carbocycles. The van der Waals surface area contributed by atoms with Crippen molar-refractivity contribution in [2.45, 2.75) is 0 Å². The number of benzene rings is 1. The van der Waals surface area contributed by atoms with Gasteiger partial charge in [0.1, 0.15) is 0 Å². The molecule has 0 heterocycles. The Balaban J connectivity index is 2.94. The zero-order valence-electron chi connectivity index (χ0n) is 4.62. The van der Waals surface area contributed by atoms with Crippen LogP contribution < -0.4 is 0 Å². The molecule has 0 aromatic heterocycles. The van der Waals surface area contributed by atoms with Crippen LogP contribution in [-0.2, 0) is 17.2 Å². The Labute approximate surface area is 66.0 Å². The quantitative estimate of drug-likeness (QED) is 0.694. The number of hydrogen-bond donors (Lipinski definition) is 0. The van der Waals surface area contributed by atoms with E-state index < -0.39 is 17.2 Å². The summed E-state index contributed by atoms with van der Waals surface area (Å²) in [6.07, 6.45) is 0. The van der Waals surface area contributed by atoms with Crippen LogP contribution in [0.25, 0.3) is 3.31 Å². The molecule has 9 heavy (non-hydrogen) atoms. The second-order valence-electron chi connectivity index (χ2n) is 1.50. The van der Waals surface area contributed by atoms with E-state index in [0.717, 1.165) is 5.69 Å². The van der Waals surface area contributed by atoms with E-state index in [4.69, 9.17) is 9.42 Å². The molecule has 1 aromatic rings. The molecule has 1 nitrogen and oxygen atoms in total. The van der Waals surface area contributed by atoms with Gasteiger partial charge in [-0.3, -0.25) is 0 Å². The van der Waals surface area contributed by atoms with Crippen molar-refractivity contribution in [3.8, 4) is 0 Å². The molecule has 0 radical (unpaired) electrons. The number of halogens is 1. The van der Waals surface area contributed by atoms with E-state index >= 15 is 0 Å². The van der Waals surface area contributed by atoms with Gasteiger partial charge in [-0.1, -0.05) is 0 Å². The fraction of sp³-hybridized carbons (Fsp3) is 0. The topological polar surface area (TPSA) is 4.36 Å². The molecule has 0 saturated heterocycles. The molecule has 3 heteroatoms. The average Bonchev–Trinajstić information content (AvgIpc) is 1.91. The molecule has 0 bridgehead atoms. The molecule has 0 saturated carbocycles. The zero-order valence-corrected chi connectivity index (χ0v) is 8.31. The van der Waals surface area contributed by atoms with Crippen LogP contribution in [0.3, 0.4) is 0 Å². The minimum atomic E-state index is -0.892. The van der Waals surface area contributed by atoms with Crippen molar-refractivity contribution >= 4 is 15.1 Å². The summed E-state index contributed by atoms with van der Waals surface area (Å²) in [5, 5.41) is 0. The van der Waals surface area contributed by atoms with Crippen LogP contribution in [-0.4, -0.2) is 0 Å². The van der Waals surface area contributed by atoms with Gasteiger partial charge in [-0.15, -0.1) is 0 Å². The second-order valence-corrected chi connectivity index (χ2v) is 3.78. The standard InChI is InChI=1S/C6H5N.ClH.W/c7-6-4-2-1-3-5-6;;/h1-5H;1H;/q+1;;+1/p-1. The molecular formula is C6H5ClNW+. The first-order chi connectivity index (χ1) is 4.43. The SMILES string of the molecule is [Cl][W]#[N+]c1ccccc1. The van der Waals surface area contributed by atoms with Gasteiger partial charge >= 0.3 is 65.9 Å². The molecule has 0 atom stereocenters. The molecule has 0 aliphatic heterocycles. The maximum absolute atomic E-state index is 5.54. The van der Waals surface area contributed by atoms with Gasteiger partial charge in [-0.05, 0) is 0 Å². The van der Waals surface area contributed by atoms with Crippen LogP contribution in [0.1, 0.15) is 0 Å². The van der Waals surface area contributed by atoms with Crippen LogP contribution in [0, 0.1) is 0 Å². The molecule has 0 N–H and O–H groups in total. The van der Waals surface area contributed by atoms with E-state index in [1.54, 1.807) is 0 Å². The first-order valence-corrected chi connectivity index (χ1v) is 7.42. The Bertz CT molecular complexity index is 236. The fourth-order valence-corrected chi connectivity index (χ4v) is 1.90. The van der Waals surface area contributed by atoms with E-state index in [9.17, 15) is 0 Å². The van der Waals surface area contributed by atoms with Crippen LogP contribution in [0.2, 0.25) is 0 Å². The summed E-state index contributed by atoms with van der Waals surface area (Å²) in [6, 6.07) is 9.82. The van der Waals surface area contributed by atoms with Crippen LogP contribution in [0.4, 0.5) is 5.69 Å². The number of hydrogen-bond acceptors (Lipinski definition) is 0. The first kappa shape index (κ1) is 7.02. The van der Waals surface area contributed by atoms with E-state index in [1.165, 1.54) is 0 Å². The molecule has 0 fully saturated rings. The summed E-state index contributed by atoms with van der Waals surface area (Å²) in [5.74, 6) is 0. The maximum atomic E-state index is 5.54. The van der Waals surface area contributed by atoms with Crippen LogP contribution >= 0.6 is 9.42 Å². The van der Waals surface area contributed by atoms with Gasteiger partial charge in [-0.2, -0.15) is 0 Å². The Morgan fingerprint density at radius 2 is 1.89 bits per heavy atom. The zero-order chi connectivity index (χ0) is 6.53. The summed E-state index contributed by atoms with van der Waals surface area (Å²) >= 11 is -0.892. The molecule has 1 rings (SSSR count). The Kier molecular flexibility index (Phi) is 3.00. The Hall–Kier alpha value is -0.0917. The van der Waals surface area contributed by atoms with Gasteiger partial charge < -0.3 is 0 Å². The van der Waals surface area contributed by atoms with Gasteiger partial charge in [0, 0.05) is 0 Å². The van der Waals surface area contributed by atoms with E-state index in [0.29, 0.717) is 0 Å². The van der Waals surface area contributed by atoms with Gasteiger partial charge in [0.15, 0.2) is 0 Å². The third-order valence-electron chi connectivity index (χ3n) is 0.896. The van der Waals surface area contributed by atoms with Crippen molar-refractivity contribution in [2.24, 2.45) is 0 Å². The third-order valence-corrected chi connectivity index (χ3v) is 2.47. The first-order valence-electron chi connectivity index (χ1n) is 2.47. The van der Waals surface area contributed by atoms with E-state index in [2.05, 4.69) is 3.31 Å². The Morgan fingerprint density at radius 3 is 2.44 bits per heavy atom. The molecule has 1 aromatic carbocycles. The summed E-state index contributed by atoms with van der Waals surface area (Å²) in [7, 11) is 5.54. The van der Waals surface area contributed by atoms with Crippen molar-refractivity contribution in [1.29, 1.82) is 0 Å². The molecule has 0 aliphatic rings. The van der Waals surface area contributed by atoms with Crippen LogP contribution in [0.15, 0.2) is 30.3 Å². The molecule has 0 spiro atoms. The van der Waals surface area contributed by atoms with E-state index in [1.807, 2.05) is 30.3 Å². The van der Waals surface area contributed by atoms with Gasteiger partial charge in [-0.25, -0.2) is 0 Å². The predicted octanol–water partition coefficient (Wildman–Crippen LogP) is 2.84. The average molecular weight is 310 g/mol. The van der Waals surface area contributed by atoms with Crippen molar-refractivity contribution in [1.82, 2.24) is 0 Å². The van der Waals surface area contributed by atoms with Gasteiger partial charge in [0.05, 0.1) is 0 Å². The summed E-state index contributed by atoms with van der Waals surface area (Å²) in [4.78, 5) is 0. The van der Waals surface area contributed by atoms with Crippen LogP contribution in [0.5, 0.6) is 0 Å². The third kappa shape index (κ3) is 2.32. The van der Waals surface area contributed by atoms with Crippen molar-refractivity contribution < 1.29 is 17.2 Å². The monoisotopic (exact) mass is 310 g/mol. The Morgan fingerprint density at radius 1 is 1.22 bits per heavy atom. The number of rotatable bonds is 0. The van der Waals surface area contributed by atoms with Crippen molar-refractivity contribution in [3.05, 3.63) is 33.6 Å². The summed E-state index contributed by atoms with van der Waals surface area (Å²) in [6.45, 7) is 0. The second kappa shape index (κ2) is 3.84. The molecule has 0 unspecified atom stereocenters. The predicted molar refractivity (Wildman–Crippen MR) is 35.3 cm³/mol. The van der Waals surface area contributed by atoms with Crippen molar-refractivity contribution in [2.75, 3.05) is 0 Å². The van der Waals surface area contributed by atoms with Gasteiger partial charge in [0.25, 0.3) is 0 Å².